The van der Waals surface area contributed by atoms with E-state index in [1.54, 1.807) is 0 Å². The van der Waals surface area contributed by atoms with Crippen LogP contribution in [0, 0.1) is 0 Å². The lowest BCUT2D eigenvalue weighted by molar-refractivity contribution is 0.151. The summed E-state index contributed by atoms with van der Waals surface area (Å²) in [6.07, 6.45) is 2.63. The highest BCUT2D eigenvalue weighted by Gasteiger charge is 2.40. The highest BCUT2D eigenvalue weighted by Crippen LogP contribution is 2.39. The average molecular weight is 230 g/mol. The molecule has 1 aliphatic heterocycles. The zero-order valence-corrected chi connectivity index (χ0v) is 10.2. The third-order valence-electron chi connectivity index (χ3n) is 3.66. The highest BCUT2D eigenvalue weighted by atomic mass is 16.3. The van der Waals surface area contributed by atoms with Crippen LogP contribution in [0.3, 0.4) is 0 Å². The Kier molecular flexibility index (Phi) is 2.44. The van der Waals surface area contributed by atoms with Crippen molar-refractivity contribution < 1.29 is 5.11 Å². The summed E-state index contributed by atoms with van der Waals surface area (Å²) in [4.78, 5) is 6.75. The highest BCUT2D eigenvalue weighted by molar-refractivity contribution is 6.00. The second-order valence-electron chi connectivity index (χ2n) is 5.19. The molecule has 0 unspecified atom stereocenters. The number of hydrogen-bond donors (Lipinski definition) is 1. The average Bonchev–Trinajstić information content (AvgIpc) is 2.88. The predicted octanol–water partition coefficient (Wildman–Crippen LogP) is 1.45. The van der Waals surface area contributed by atoms with Crippen LogP contribution in [0.15, 0.2) is 29.3 Å². The van der Waals surface area contributed by atoms with E-state index >= 15 is 0 Å². The summed E-state index contributed by atoms with van der Waals surface area (Å²) in [7, 11) is 2.08. The van der Waals surface area contributed by atoms with Crippen molar-refractivity contribution in [3.63, 3.8) is 0 Å². The molecule has 1 saturated carbocycles. The second-order valence-corrected chi connectivity index (χ2v) is 5.19. The fourth-order valence-electron chi connectivity index (χ4n) is 2.39. The molecule has 3 heteroatoms. The maximum atomic E-state index is 10.1. The fraction of sp³-hybridized carbons (Fsp3) is 0.500. The summed E-state index contributed by atoms with van der Waals surface area (Å²) < 4.78 is 0. The Morgan fingerprint density at radius 1 is 1.35 bits per heavy atom. The first-order valence-electron chi connectivity index (χ1n) is 6.24. The van der Waals surface area contributed by atoms with Gasteiger partial charge in [-0.15, -0.1) is 0 Å². The van der Waals surface area contributed by atoms with Gasteiger partial charge in [0.2, 0.25) is 0 Å². The Morgan fingerprint density at radius 2 is 2.12 bits per heavy atom. The van der Waals surface area contributed by atoms with Crippen molar-refractivity contribution in [2.24, 2.45) is 4.99 Å². The van der Waals surface area contributed by atoms with E-state index in [2.05, 4.69) is 29.1 Å². The normalized spacial score (nSPS) is 21.5. The summed E-state index contributed by atoms with van der Waals surface area (Å²) in [6.45, 7) is 1.87. The van der Waals surface area contributed by atoms with Crippen molar-refractivity contribution in [2.45, 2.75) is 24.9 Å². The van der Waals surface area contributed by atoms with Crippen LogP contribution < -0.4 is 0 Å². The zero-order chi connectivity index (χ0) is 11.9. The van der Waals surface area contributed by atoms with Crippen molar-refractivity contribution >= 4 is 5.84 Å². The van der Waals surface area contributed by atoms with E-state index in [0.717, 1.165) is 38.2 Å². The molecule has 0 saturated heterocycles. The van der Waals surface area contributed by atoms with Gasteiger partial charge < -0.3 is 10.0 Å². The van der Waals surface area contributed by atoms with Crippen LogP contribution >= 0.6 is 0 Å². The van der Waals surface area contributed by atoms with Gasteiger partial charge in [-0.25, -0.2) is 0 Å². The number of aliphatic imine (C=N–C) groups is 1. The van der Waals surface area contributed by atoms with E-state index < -0.39 is 5.60 Å². The molecule has 3 nitrogen and oxygen atoms in total. The quantitative estimate of drug-likeness (QED) is 0.853. The summed E-state index contributed by atoms with van der Waals surface area (Å²) in [5.41, 5.74) is 1.97. The third kappa shape index (κ3) is 2.07. The van der Waals surface area contributed by atoms with Crippen molar-refractivity contribution in [3.05, 3.63) is 35.4 Å². The first kappa shape index (κ1) is 10.8. The Labute approximate surface area is 102 Å². The maximum Gasteiger partial charge on any atom is 0.131 e. The topological polar surface area (TPSA) is 35.8 Å². The number of aliphatic hydroxyl groups is 1. The summed E-state index contributed by atoms with van der Waals surface area (Å²) in [6, 6.07) is 8.31. The minimum absolute atomic E-state index is 0.437. The van der Waals surface area contributed by atoms with Gasteiger partial charge in [-0.1, -0.05) is 24.3 Å². The number of amidine groups is 1. The van der Waals surface area contributed by atoms with Crippen LogP contribution in [0.5, 0.6) is 0 Å². The van der Waals surface area contributed by atoms with E-state index in [-0.39, 0.29) is 0 Å². The van der Waals surface area contributed by atoms with Crippen molar-refractivity contribution in [1.29, 1.82) is 0 Å². The van der Waals surface area contributed by atoms with E-state index in [4.69, 9.17) is 0 Å². The smallest absolute Gasteiger partial charge is 0.131 e. The molecule has 0 atom stereocenters. The molecular formula is C14H18N2O. The molecule has 0 radical (unpaired) electrons. The minimum atomic E-state index is -0.437. The Hall–Kier alpha value is -1.35. The Bertz CT molecular complexity index is 463. The van der Waals surface area contributed by atoms with Gasteiger partial charge in [-0.3, -0.25) is 4.99 Å². The van der Waals surface area contributed by atoms with E-state index in [0.29, 0.717) is 0 Å². The molecule has 90 valence electrons. The molecule has 1 heterocycles. The fourth-order valence-corrected chi connectivity index (χ4v) is 2.39. The first-order valence-corrected chi connectivity index (χ1v) is 6.24. The molecule has 2 aliphatic rings. The van der Waals surface area contributed by atoms with Crippen molar-refractivity contribution in [3.8, 4) is 0 Å². The SMILES string of the molecule is CN1CCN=C1c1ccccc1CC1(O)CC1. The van der Waals surface area contributed by atoms with Crippen LogP contribution in [0.2, 0.25) is 0 Å². The molecule has 0 spiro atoms. The first-order chi connectivity index (χ1) is 8.18. The van der Waals surface area contributed by atoms with E-state index in [9.17, 15) is 5.11 Å². The van der Waals surface area contributed by atoms with Gasteiger partial charge >= 0.3 is 0 Å². The van der Waals surface area contributed by atoms with Crippen molar-refractivity contribution in [2.75, 3.05) is 20.1 Å². The van der Waals surface area contributed by atoms with Crippen LogP contribution in [0.25, 0.3) is 0 Å². The second kappa shape index (κ2) is 3.84. The molecule has 1 aliphatic carbocycles. The molecule has 0 aromatic heterocycles. The Morgan fingerprint density at radius 3 is 2.76 bits per heavy atom. The van der Waals surface area contributed by atoms with Gasteiger partial charge in [-0.05, 0) is 18.4 Å². The van der Waals surface area contributed by atoms with Gasteiger partial charge in [0.25, 0.3) is 0 Å². The molecule has 0 bridgehead atoms. The van der Waals surface area contributed by atoms with E-state index in [1.807, 2.05) is 12.1 Å². The molecule has 3 rings (SSSR count). The number of rotatable bonds is 3. The van der Waals surface area contributed by atoms with Gasteiger partial charge in [0.15, 0.2) is 0 Å². The van der Waals surface area contributed by atoms with Gasteiger partial charge in [-0.2, -0.15) is 0 Å². The number of nitrogens with zero attached hydrogens (tertiary/aromatic N) is 2. The van der Waals surface area contributed by atoms with Gasteiger partial charge in [0.05, 0.1) is 12.1 Å². The lowest BCUT2D eigenvalue weighted by Crippen LogP contribution is -2.25. The molecular weight excluding hydrogens is 212 g/mol. The maximum absolute atomic E-state index is 10.1. The molecule has 1 aromatic carbocycles. The summed E-state index contributed by atoms with van der Waals surface area (Å²) in [5.74, 6) is 1.07. The van der Waals surface area contributed by atoms with Crippen molar-refractivity contribution in [1.82, 2.24) is 4.90 Å². The minimum Gasteiger partial charge on any atom is -0.390 e. The standard InChI is InChI=1S/C14H18N2O/c1-16-9-8-15-13(16)12-5-3-2-4-11(12)10-14(17)6-7-14/h2-5,17H,6-10H2,1H3. The number of likely N-dealkylation sites (N-methyl/N-ethyl adjacent to an activating group) is 1. The van der Waals surface area contributed by atoms with Crippen LogP contribution in [0.1, 0.15) is 24.0 Å². The lowest BCUT2D eigenvalue weighted by atomic mass is 9.99. The largest absolute Gasteiger partial charge is 0.390 e. The summed E-state index contributed by atoms with van der Waals surface area (Å²) >= 11 is 0. The molecule has 17 heavy (non-hydrogen) atoms. The number of hydrogen-bond acceptors (Lipinski definition) is 3. The monoisotopic (exact) mass is 230 g/mol. The van der Waals surface area contributed by atoms with Crippen LogP contribution in [-0.2, 0) is 6.42 Å². The predicted molar refractivity (Wildman–Crippen MR) is 68.4 cm³/mol. The Balaban J connectivity index is 1.93. The molecule has 1 N–H and O–H groups in total. The lowest BCUT2D eigenvalue weighted by Gasteiger charge is -2.18. The molecule has 1 aromatic rings. The third-order valence-corrected chi connectivity index (χ3v) is 3.66. The van der Waals surface area contributed by atoms with Crippen LogP contribution in [-0.4, -0.2) is 41.6 Å². The zero-order valence-electron chi connectivity index (χ0n) is 10.2. The molecule has 0 amide bonds. The summed E-state index contributed by atoms with van der Waals surface area (Å²) in [5, 5.41) is 10.1. The van der Waals surface area contributed by atoms with E-state index in [1.165, 1.54) is 11.1 Å². The molecule has 1 fully saturated rings. The van der Waals surface area contributed by atoms with Gasteiger partial charge in [0.1, 0.15) is 5.84 Å². The van der Waals surface area contributed by atoms with Gasteiger partial charge in [0, 0.05) is 25.6 Å². The van der Waals surface area contributed by atoms with Crippen LogP contribution in [0.4, 0.5) is 0 Å². The number of benzene rings is 1.